The van der Waals surface area contributed by atoms with Crippen molar-refractivity contribution in [2.45, 2.75) is 32.6 Å². The molecule has 0 aliphatic carbocycles. The van der Waals surface area contributed by atoms with Crippen LogP contribution in [0, 0.1) is 12.8 Å². The molecular formula is C13H19N3O2. The van der Waals surface area contributed by atoms with Gasteiger partial charge in [0, 0.05) is 31.3 Å². The summed E-state index contributed by atoms with van der Waals surface area (Å²) in [4.78, 5) is 21.2. The lowest BCUT2D eigenvalue weighted by Gasteiger charge is -2.32. The molecule has 0 unspecified atom stereocenters. The molecule has 2 rings (SSSR count). The lowest BCUT2D eigenvalue weighted by atomic mass is 9.92. The number of piperidine rings is 1. The normalized spacial score (nSPS) is 16.8. The van der Waals surface area contributed by atoms with E-state index in [1.54, 1.807) is 6.33 Å². The topological polar surface area (TPSA) is 66.3 Å². The molecule has 0 saturated carbocycles. The summed E-state index contributed by atoms with van der Waals surface area (Å²) in [5.41, 5.74) is 0.980. The summed E-state index contributed by atoms with van der Waals surface area (Å²) in [6.45, 7) is 3.88. The molecule has 1 fully saturated rings. The van der Waals surface area contributed by atoms with Crippen molar-refractivity contribution in [3.8, 4) is 0 Å². The number of aliphatic carboxylic acids is 1. The lowest BCUT2D eigenvalue weighted by molar-refractivity contribution is -0.137. The van der Waals surface area contributed by atoms with Crippen LogP contribution in [0.2, 0.25) is 0 Å². The van der Waals surface area contributed by atoms with Gasteiger partial charge in [0.05, 0.1) is 0 Å². The minimum absolute atomic E-state index is 0.289. The van der Waals surface area contributed by atoms with Gasteiger partial charge in [-0.3, -0.25) is 4.79 Å². The molecule has 0 atom stereocenters. The summed E-state index contributed by atoms with van der Waals surface area (Å²) in [5.74, 6) is 0.836. The van der Waals surface area contributed by atoms with Gasteiger partial charge >= 0.3 is 5.97 Å². The smallest absolute Gasteiger partial charge is 0.303 e. The summed E-state index contributed by atoms with van der Waals surface area (Å²) in [7, 11) is 0. The van der Waals surface area contributed by atoms with Gasteiger partial charge in [-0.05, 0) is 32.1 Å². The molecule has 2 heterocycles. The number of carbonyl (C=O) groups is 1. The second kappa shape index (κ2) is 5.80. The van der Waals surface area contributed by atoms with Crippen molar-refractivity contribution >= 4 is 11.8 Å². The molecule has 0 amide bonds. The van der Waals surface area contributed by atoms with E-state index in [0.717, 1.165) is 43.9 Å². The quantitative estimate of drug-likeness (QED) is 0.882. The highest BCUT2D eigenvalue weighted by Crippen LogP contribution is 2.24. The molecule has 18 heavy (non-hydrogen) atoms. The molecule has 1 N–H and O–H groups in total. The Morgan fingerprint density at radius 2 is 2.17 bits per heavy atom. The van der Waals surface area contributed by atoms with Gasteiger partial charge < -0.3 is 10.0 Å². The fourth-order valence-corrected chi connectivity index (χ4v) is 2.39. The predicted octanol–water partition coefficient (Wildman–Crippen LogP) is 1.87. The number of rotatable bonds is 4. The van der Waals surface area contributed by atoms with Crippen LogP contribution in [-0.4, -0.2) is 34.1 Å². The summed E-state index contributed by atoms with van der Waals surface area (Å²) in [6.07, 6.45) is 4.79. The van der Waals surface area contributed by atoms with Crippen LogP contribution in [0.4, 0.5) is 5.82 Å². The first kappa shape index (κ1) is 12.8. The van der Waals surface area contributed by atoms with E-state index in [9.17, 15) is 4.79 Å². The molecule has 1 aliphatic heterocycles. The Balaban J connectivity index is 1.85. The van der Waals surface area contributed by atoms with Gasteiger partial charge in [-0.2, -0.15) is 0 Å². The summed E-state index contributed by atoms with van der Waals surface area (Å²) < 4.78 is 0. The number of aryl methyl sites for hydroxylation is 1. The van der Waals surface area contributed by atoms with Gasteiger partial charge in [0.25, 0.3) is 0 Å². The molecule has 1 aromatic heterocycles. The van der Waals surface area contributed by atoms with Crippen LogP contribution in [0.3, 0.4) is 0 Å². The third-order valence-electron chi connectivity index (χ3n) is 3.49. The van der Waals surface area contributed by atoms with Crippen LogP contribution in [0.25, 0.3) is 0 Å². The van der Waals surface area contributed by atoms with Crippen LogP contribution >= 0.6 is 0 Å². The van der Waals surface area contributed by atoms with Crippen molar-refractivity contribution in [1.82, 2.24) is 9.97 Å². The molecule has 1 saturated heterocycles. The number of carboxylic acid groups (broad SMARTS) is 1. The zero-order valence-corrected chi connectivity index (χ0v) is 10.7. The van der Waals surface area contributed by atoms with Crippen molar-refractivity contribution in [3.05, 3.63) is 18.1 Å². The van der Waals surface area contributed by atoms with E-state index < -0.39 is 5.97 Å². The fourth-order valence-electron chi connectivity index (χ4n) is 2.39. The van der Waals surface area contributed by atoms with E-state index in [1.165, 1.54) is 0 Å². The van der Waals surface area contributed by atoms with Crippen LogP contribution in [0.1, 0.15) is 31.4 Å². The molecule has 0 spiro atoms. The second-order valence-corrected chi connectivity index (χ2v) is 4.88. The van der Waals surface area contributed by atoms with E-state index in [2.05, 4.69) is 14.9 Å². The summed E-state index contributed by atoms with van der Waals surface area (Å²) in [5, 5.41) is 8.68. The molecule has 0 aromatic carbocycles. The molecule has 5 heteroatoms. The van der Waals surface area contributed by atoms with E-state index >= 15 is 0 Å². The fraction of sp³-hybridized carbons (Fsp3) is 0.615. The Kier molecular flexibility index (Phi) is 4.12. The largest absolute Gasteiger partial charge is 0.481 e. The highest BCUT2D eigenvalue weighted by Gasteiger charge is 2.20. The van der Waals surface area contributed by atoms with E-state index in [1.807, 2.05) is 13.0 Å². The van der Waals surface area contributed by atoms with Crippen LogP contribution in [0.15, 0.2) is 12.4 Å². The summed E-state index contributed by atoms with van der Waals surface area (Å²) >= 11 is 0. The number of anilines is 1. The lowest BCUT2D eigenvalue weighted by Crippen LogP contribution is -2.34. The van der Waals surface area contributed by atoms with Crippen molar-refractivity contribution in [1.29, 1.82) is 0 Å². The Morgan fingerprint density at radius 1 is 1.44 bits per heavy atom. The Morgan fingerprint density at radius 3 is 2.78 bits per heavy atom. The number of carboxylic acids is 1. The number of aromatic nitrogens is 2. The maximum Gasteiger partial charge on any atom is 0.303 e. The maximum absolute atomic E-state index is 10.5. The number of hydrogen-bond acceptors (Lipinski definition) is 4. The Labute approximate surface area is 107 Å². The molecule has 1 aromatic rings. The van der Waals surface area contributed by atoms with Crippen molar-refractivity contribution in [2.24, 2.45) is 5.92 Å². The zero-order valence-electron chi connectivity index (χ0n) is 10.7. The van der Waals surface area contributed by atoms with Gasteiger partial charge in [-0.15, -0.1) is 0 Å². The standard InChI is InChI=1S/C13H19N3O2/c1-10-8-12(15-9-14-10)16-6-4-11(5-7-16)2-3-13(17)18/h8-9,11H,2-7H2,1H3,(H,17,18). The minimum atomic E-state index is -0.691. The third kappa shape index (κ3) is 3.42. The van der Waals surface area contributed by atoms with Gasteiger partial charge in [-0.25, -0.2) is 9.97 Å². The van der Waals surface area contributed by atoms with E-state index in [0.29, 0.717) is 5.92 Å². The first-order valence-corrected chi connectivity index (χ1v) is 6.40. The molecule has 0 radical (unpaired) electrons. The highest BCUT2D eigenvalue weighted by atomic mass is 16.4. The van der Waals surface area contributed by atoms with E-state index in [4.69, 9.17) is 5.11 Å². The molecule has 98 valence electrons. The van der Waals surface area contributed by atoms with Gasteiger partial charge in [0.1, 0.15) is 12.1 Å². The van der Waals surface area contributed by atoms with Gasteiger partial charge in [0.15, 0.2) is 0 Å². The highest BCUT2D eigenvalue weighted by molar-refractivity contribution is 5.66. The molecule has 5 nitrogen and oxygen atoms in total. The predicted molar refractivity (Wildman–Crippen MR) is 68.6 cm³/mol. The van der Waals surface area contributed by atoms with Crippen LogP contribution in [-0.2, 0) is 4.79 Å². The SMILES string of the molecule is Cc1cc(N2CCC(CCC(=O)O)CC2)ncn1. The first-order valence-electron chi connectivity index (χ1n) is 6.40. The maximum atomic E-state index is 10.5. The average molecular weight is 249 g/mol. The summed E-state index contributed by atoms with van der Waals surface area (Å²) in [6, 6.07) is 2.00. The van der Waals surface area contributed by atoms with Gasteiger partial charge in [0.2, 0.25) is 0 Å². The van der Waals surface area contributed by atoms with Crippen LogP contribution < -0.4 is 4.90 Å². The number of nitrogens with zero attached hydrogens (tertiary/aromatic N) is 3. The van der Waals surface area contributed by atoms with Crippen molar-refractivity contribution in [2.75, 3.05) is 18.0 Å². The first-order chi connectivity index (χ1) is 8.65. The van der Waals surface area contributed by atoms with Crippen molar-refractivity contribution < 1.29 is 9.90 Å². The third-order valence-corrected chi connectivity index (χ3v) is 3.49. The average Bonchev–Trinajstić information content (AvgIpc) is 2.37. The second-order valence-electron chi connectivity index (χ2n) is 4.88. The van der Waals surface area contributed by atoms with Gasteiger partial charge in [-0.1, -0.05) is 0 Å². The van der Waals surface area contributed by atoms with Crippen LogP contribution in [0.5, 0.6) is 0 Å². The van der Waals surface area contributed by atoms with E-state index in [-0.39, 0.29) is 6.42 Å². The molecule has 0 bridgehead atoms. The Hall–Kier alpha value is -1.65. The number of hydrogen-bond donors (Lipinski definition) is 1. The monoisotopic (exact) mass is 249 g/mol. The molecular weight excluding hydrogens is 230 g/mol. The Bertz CT molecular complexity index is 414. The molecule has 1 aliphatic rings. The zero-order chi connectivity index (χ0) is 13.0. The van der Waals surface area contributed by atoms with Crippen molar-refractivity contribution in [3.63, 3.8) is 0 Å². The minimum Gasteiger partial charge on any atom is -0.481 e.